The minimum Gasteiger partial charge on any atom is -0.424 e. The Morgan fingerprint density at radius 2 is 1.43 bits per heavy atom. The van der Waals surface area contributed by atoms with Crippen molar-refractivity contribution in [3.05, 3.63) is 35.9 Å². The number of alkyl carbamates (subject to hydrolysis) is 1. The molecule has 3 unspecified atom stereocenters. The standard InChI is InChI=1S/C34H57NO11/c1-3-4-5-6-7-8-9-10-11-12-13-15-18-24(2)28(37)26(22-43-33-31(40)30(39)29(38)27(21-36)46-33)35-34(42)45-23-44-32(41)25-19-16-14-17-20-25/h14,16-17,19-20,24,26-31,33,36-40H,3-13,15,18,21-23H2,1-2H3,(H,35,42)/t24-,26?,27?,28-,29+,30+,31?,33+/m1/s1. The zero-order chi connectivity index (χ0) is 33.7. The van der Waals surface area contributed by atoms with E-state index in [1.807, 2.05) is 6.92 Å². The summed E-state index contributed by atoms with van der Waals surface area (Å²) in [5, 5.41) is 53.6. The molecule has 1 aliphatic heterocycles. The topological polar surface area (TPSA) is 184 Å². The first-order valence-electron chi connectivity index (χ1n) is 16.9. The molecule has 264 valence electrons. The van der Waals surface area contributed by atoms with Crippen molar-refractivity contribution < 1.29 is 54.1 Å². The number of aliphatic hydroxyl groups excluding tert-OH is 5. The van der Waals surface area contributed by atoms with Crippen LogP contribution in [-0.2, 0) is 18.9 Å². The quantitative estimate of drug-likeness (QED) is 0.0573. The van der Waals surface area contributed by atoms with Crippen LogP contribution in [0.3, 0.4) is 0 Å². The fourth-order valence-electron chi connectivity index (χ4n) is 5.49. The number of aliphatic hydroxyl groups is 5. The Labute approximate surface area is 273 Å². The van der Waals surface area contributed by atoms with Gasteiger partial charge in [0.2, 0.25) is 6.79 Å². The van der Waals surface area contributed by atoms with Crippen molar-refractivity contribution in [2.45, 2.75) is 140 Å². The Hall–Kier alpha value is -2.32. The van der Waals surface area contributed by atoms with E-state index in [4.69, 9.17) is 18.9 Å². The molecular formula is C34H57NO11. The van der Waals surface area contributed by atoms with Gasteiger partial charge in [-0.15, -0.1) is 0 Å². The number of carbonyl (C=O) groups excluding carboxylic acids is 2. The number of hydrogen-bond donors (Lipinski definition) is 6. The molecule has 46 heavy (non-hydrogen) atoms. The zero-order valence-corrected chi connectivity index (χ0v) is 27.5. The number of benzene rings is 1. The van der Waals surface area contributed by atoms with Gasteiger partial charge in [-0.2, -0.15) is 0 Å². The summed E-state index contributed by atoms with van der Waals surface area (Å²) >= 11 is 0. The number of hydrogen-bond acceptors (Lipinski definition) is 11. The third kappa shape index (κ3) is 14.6. The first-order chi connectivity index (χ1) is 22.2. The highest BCUT2D eigenvalue weighted by molar-refractivity contribution is 5.89. The summed E-state index contributed by atoms with van der Waals surface area (Å²) in [4.78, 5) is 24.7. The minimum atomic E-state index is -1.64. The maximum Gasteiger partial charge on any atom is 0.410 e. The molecule has 1 saturated heterocycles. The molecule has 12 heteroatoms. The molecule has 1 aromatic carbocycles. The Balaban J connectivity index is 1.84. The van der Waals surface area contributed by atoms with E-state index < -0.39 is 68.3 Å². The molecule has 8 atom stereocenters. The highest BCUT2D eigenvalue weighted by atomic mass is 16.7. The van der Waals surface area contributed by atoms with E-state index in [1.54, 1.807) is 30.3 Å². The van der Waals surface area contributed by atoms with E-state index in [-0.39, 0.29) is 12.5 Å². The van der Waals surface area contributed by atoms with Crippen LogP contribution in [0.15, 0.2) is 30.3 Å². The number of rotatable bonds is 23. The monoisotopic (exact) mass is 655 g/mol. The van der Waals surface area contributed by atoms with Crippen LogP contribution in [0.4, 0.5) is 4.79 Å². The van der Waals surface area contributed by atoms with Gasteiger partial charge in [0, 0.05) is 0 Å². The SMILES string of the molecule is CCCCCCCCCCCCCC[C@@H](C)[C@@H](O)C(CO[C@H]1OC(CO)[C@H](O)[C@H](O)C1O)NC(=O)OCOC(=O)c1ccccc1. The van der Waals surface area contributed by atoms with Gasteiger partial charge in [-0.1, -0.05) is 109 Å². The summed E-state index contributed by atoms with van der Waals surface area (Å²) in [6, 6.07) is 7.18. The van der Waals surface area contributed by atoms with Gasteiger partial charge in [-0.05, 0) is 24.5 Å². The number of esters is 1. The second kappa shape index (κ2) is 23.1. The fraction of sp³-hybridized carbons (Fsp3) is 0.765. The number of unbranched alkanes of at least 4 members (excludes halogenated alkanes) is 11. The minimum absolute atomic E-state index is 0.247. The van der Waals surface area contributed by atoms with Crippen LogP contribution in [0.25, 0.3) is 0 Å². The molecule has 1 aromatic rings. The van der Waals surface area contributed by atoms with Crippen LogP contribution in [0.1, 0.15) is 108 Å². The van der Waals surface area contributed by atoms with E-state index in [0.29, 0.717) is 12.0 Å². The number of amides is 1. The van der Waals surface area contributed by atoms with Gasteiger partial charge in [0.05, 0.1) is 30.9 Å². The van der Waals surface area contributed by atoms with Gasteiger partial charge in [-0.3, -0.25) is 0 Å². The molecule has 0 aromatic heterocycles. The van der Waals surface area contributed by atoms with Gasteiger partial charge >= 0.3 is 12.1 Å². The molecule has 0 radical (unpaired) electrons. The molecule has 1 fully saturated rings. The average molecular weight is 656 g/mol. The lowest BCUT2D eigenvalue weighted by Crippen LogP contribution is -2.60. The highest BCUT2D eigenvalue weighted by Crippen LogP contribution is 2.23. The van der Waals surface area contributed by atoms with Gasteiger partial charge in [-0.25, -0.2) is 9.59 Å². The zero-order valence-electron chi connectivity index (χ0n) is 27.5. The third-order valence-electron chi connectivity index (χ3n) is 8.49. The molecule has 6 N–H and O–H groups in total. The van der Waals surface area contributed by atoms with Gasteiger partial charge < -0.3 is 49.8 Å². The maximum atomic E-state index is 12.6. The van der Waals surface area contributed by atoms with Crippen LogP contribution in [-0.4, -0.2) is 100 Å². The predicted octanol–water partition coefficient (Wildman–Crippen LogP) is 3.80. The Morgan fingerprint density at radius 1 is 0.848 bits per heavy atom. The summed E-state index contributed by atoms with van der Waals surface area (Å²) < 4.78 is 21.0. The lowest BCUT2D eigenvalue weighted by molar-refractivity contribution is -0.303. The van der Waals surface area contributed by atoms with Gasteiger partial charge in [0.25, 0.3) is 0 Å². The van der Waals surface area contributed by atoms with Gasteiger partial charge in [0.1, 0.15) is 24.4 Å². The largest absolute Gasteiger partial charge is 0.424 e. The van der Waals surface area contributed by atoms with E-state index in [1.165, 1.54) is 57.8 Å². The molecule has 0 spiro atoms. The molecule has 0 aliphatic carbocycles. The normalized spacial score (nSPS) is 23.3. The highest BCUT2D eigenvalue weighted by Gasteiger charge is 2.44. The summed E-state index contributed by atoms with van der Waals surface area (Å²) in [6.45, 7) is 2.44. The number of carbonyl (C=O) groups is 2. The molecule has 1 aliphatic rings. The first kappa shape index (κ1) is 39.9. The molecule has 1 heterocycles. The first-order valence-corrected chi connectivity index (χ1v) is 16.9. The molecular weight excluding hydrogens is 598 g/mol. The Morgan fingerprint density at radius 3 is 2.02 bits per heavy atom. The van der Waals surface area contributed by atoms with E-state index in [0.717, 1.165) is 19.3 Å². The van der Waals surface area contributed by atoms with E-state index >= 15 is 0 Å². The van der Waals surface area contributed by atoms with Crippen molar-refractivity contribution in [2.24, 2.45) is 5.92 Å². The summed E-state index contributed by atoms with van der Waals surface area (Å²) in [5.41, 5.74) is 0.291. The lowest BCUT2D eigenvalue weighted by Gasteiger charge is -2.40. The van der Waals surface area contributed by atoms with Crippen molar-refractivity contribution >= 4 is 12.1 Å². The number of nitrogens with one attached hydrogen (secondary N) is 1. The fourth-order valence-corrected chi connectivity index (χ4v) is 5.49. The molecule has 12 nitrogen and oxygen atoms in total. The Kier molecular flexibility index (Phi) is 20.0. The number of ether oxygens (including phenoxy) is 4. The van der Waals surface area contributed by atoms with Crippen molar-refractivity contribution in [3.8, 4) is 0 Å². The smallest absolute Gasteiger partial charge is 0.410 e. The average Bonchev–Trinajstić information content (AvgIpc) is 3.06. The maximum absolute atomic E-state index is 12.6. The summed E-state index contributed by atoms with van der Waals surface area (Å²) in [5.74, 6) is -0.922. The Bertz CT molecular complexity index is 950. The summed E-state index contributed by atoms with van der Waals surface area (Å²) in [6.07, 6.45) is 5.79. The second-order valence-electron chi connectivity index (χ2n) is 12.3. The van der Waals surface area contributed by atoms with E-state index in [2.05, 4.69) is 12.2 Å². The second-order valence-corrected chi connectivity index (χ2v) is 12.3. The van der Waals surface area contributed by atoms with E-state index in [9.17, 15) is 35.1 Å². The van der Waals surface area contributed by atoms with Crippen LogP contribution in [0.2, 0.25) is 0 Å². The molecule has 1 amide bonds. The van der Waals surface area contributed by atoms with Crippen LogP contribution in [0.5, 0.6) is 0 Å². The third-order valence-corrected chi connectivity index (χ3v) is 8.49. The van der Waals surface area contributed by atoms with Crippen molar-refractivity contribution in [1.82, 2.24) is 5.32 Å². The van der Waals surface area contributed by atoms with Crippen LogP contribution in [0, 0.1) is 5.92 Å². The molecule has 0 bridgehead atoms. The summed E-state index contributed by atoms with van der Waals surface area (Å²) in [7, 11) is 0. The predicted molar refractivity (Wildman–Crippen MR) is 171 cm³/mol. The van der Waals surface area contributed by atoms with Crippen molar-refractivity contribution in [1.29, 1.82) is 0 Å². The lowest BCUT2D eigenvalue weighted by atomic mass is 9.92. The van der Waals surface area contributed by atoms with Crippen LogP contribution < -0.4 is 5.32 Å². The van der Waals surface area contributed by atoms with Gasteiger partial charge in [0.15, 0.2) is 6.29 Å². The van der Waals surface area contributed by atoms with Crippen molar-refractivity contribution in [3.63, 3.8) is 0 Å². The van der Waals surface area contributed by atoms with Crippen molar-refractivity contribution in [2.75, 3.05) is 20.0 Å². The molecule has 0 saturated carbocycles. The molecule has 2 rings (SSSR count). The van der Waals surface area contributed by atoms with Crippen LogP contribution >= 0.6 is 0 Å².